The van der Waals surface area contributed by atoms with Crippen LogP contribution in [0.3, 0.4) is 0 Å². The Kier molecular flexibility index (Phi) is 3.88. The van der Waals surface area contributed by atoms with E-state index in [0.717, 1.165) is 43.4 Å². The summed E-state index contributed by atoms with van der Waals surface area (Å²) in [5.74, 6) is 0. The van der Waals surface area contributed by atoms with Gasteiger partial charge in [0.05, 0.1) is 5.02 Å². The van der Waals surface area contributed by atoms with Gasteiger partial charge >= 0.3 is 0 Å². The minimum absolute atomic E-state index is 0.722. The van der Waals surface area contributed by atoms with Crippen LogP contribution in [-0.4, -0.2) is 0 Å². The Hall–Kier alpha value is -3.07. The molecule has 0 fully saturated rings. The fourth-order valence-electron chi connectivity index (χ4n) is 5.28. The van der Waals surface area contributed by atoms with Crippen molar-refractivity contribution in [2.45, 2.75) is 6.42 Å². The molecular weight excluding hydrogens is 480 g/mol. The van der Waals surface area contributed by atoms with Crippen molar-refractivity contribution in [2.75, 3.05) is 0 Å². The molecule has 6 aromatic rings. The van der Waals surface area contributed by atoms with Crippen LogP contribution in [0.4, 0.5) is 0 Å². The molecule has 0 atom stereocenters. The van der Waals surface area contributed by atoms with E-state index in [4.69, 9.17) is 16.0 Å². The fourth-order valence-corrected chi connectivity index (χ4v) is 5.96. The second-order valence-electron chi connectivity index (χ2n) is 8.37. The average Bonchev–Trinajstić information content (AvgIpc) is 3.37. The predicted molar refractivity (Wildman–Crippen MR) is 138 cm³/mol. The molecule has 32 heavy (non-hydrogen) atoms. The maximum absolute atomic E-state index is 6.56. The molecule has 1 heterocycles. The summed E-state index contributed by atoms with van der Waals surface area (Å²) in [6.45, 7) is 0. The molecule has 1 aliphatic rings. The van der Waals surface area contributed by atoms with Crippen molar-refractivity contribution in [2.24, 2.45) is 0 Å². The van der Waals surface area contributed by atoms with Crippen molar-refractivity contribution < 1.29 is 4.42 Å². The van der Waals surface area contributed by atoms with Gasteiger partial charge in [0.2, 0.25) is 0 Å². The molecule has 0 saturated heterocycles. The van der Waals surface area contributed by atoms with Crippen LogP contribution < -0.4 is 0 Å². The summed E-state index contributed by atoms with van der Waals surface area (Å²) in [5.41, 5.74) is 9.43. The summed E-state index contributed by atoms with van der Waals surface area (Å²) in [6.07, 6.45) is 0.904. The normalized spacial score (nSPS) is 12.6. The highest BCUT2D eigenvalue weighted by Crippen LogP contribution is 2.48. The second kappa shape index (κ2) is 6.71. The minimum Gasteiger partial charge on any atom is -0.455 e. The highest BCUT2D eigenvalue weighted by atomic mass is 79.9. The monoisotopic (exact) mass is 494 g/mol. The minimum atomic E-state index is 0.722. The van der Waals surface area contributed by atoms with Crippen molar-refractivity contribution in [1.29, 1.82) is 0 Å². The van der Waals surface area contributed by atoms with E-state index in [0.29, 0.717) is 0 Å². The molecule has 0 N–H and O–H groups in total. The number of hydrogen-bond acceptors (Lipinski definition) is 1. The summed E-state index contributed by atoms with van der Waals surface area (Å²) in [5, 5.41) is 5.30. The number of fused-ring (bicyclic) bond motifs is 8. The first-order valence-corrected chi connectivity index (χ1v) is 11.8. The lowest BCUT2D eigenvalue weighted by atomic mass is 9.90. The number of hydrogen-bond donors (Lipinski definition) is 0. The molecule has 0 aliphatic heterocycles. The number of furan rings is 1. The van der Waals surface area contributed by atoms with Gasteiger partial charge in [0, 0.05) is 20.8 Å². The maximum Gasteiger partial charge on any atom is 0.143 e. The van der Waals surface area contributed by atoms with Crippen molar-refractivity contribution >= 4 is 60.2 Å². The smallest absolute Gasteiger partial charge is 0.143 e. The summed E-state index contributed by atoms with van der Waals surface area (Å²) in [6, 6.07) is 29.8. The van der Waals surface area contributed by atoms with Crippen molar-refractivity contribution in [3.8, 4) is 22.3 Å². The number of benzene rings is 5. The average molecular weight is 496 g/mol. The Morgan fingerprint density at radius 1 is 0.750 bits per heavy atom. The molecule has 1 aromatic heterocycles. The lowest BCUT2D eigenvalue weighted by Crippen LogP contribution is -1.90. The fraction of sp³-hybridized carbons (Fsp3) is 0.0345. The molecule has 0 bridgehead atoms. The van der Waals surface area contributed by atoms with E-state index in [9.17, 15) is 0 Å². The molecule has 152 valence electrons. The Bertz CT molecular complexity index is 1730. The maximum atomic E-state index is 6.56. The summed E-state index contributed by atoms with van der Waals surface area (Å²) >= 11 is 10.2. The van der Waals surface area contributed by atoms with Gasteiger partial charge in [0.1, 0.15) is 11.2 Å². The zero-order valence-corrected chi connectivity index (χ0v) is 19.3. The Labute approximate surface area is 198 Å². The third kappa shape index (κ3) is 2.51. The van der Waals surface area contributed by atoms with Gasteiger partial charge in [0.25, 0.3) is 0 Å². The first-order valence-electron chi connectivity index (χ1n) is 10.6. The van der Waals surface area contributed by atoms with E-state index >= 15 is 0 Å². The molecule has 0 spiro atoms. The predicted octanol–water partition coefficient (Wildman–Crippen LogP) is 9.39. The lowest BCUT2D eigenvalue weighted by Gasteiger charge is -2.13. The number of halogens is 2. The molecular formula is C29H16BrClO. The Balaban J connectivity index is 1.61. The zero-order chi connectivity index (χ0) is 21.4. The van der Waals surface area contributed by atoms with Gasteiger partial charge in [-0.25, -0.2) is 0 Å². The topological polar surface area (TPSA) is 13.1 Å². The van der Waals surface area contributed by atoms with Crippen LogP contribution >= 0.6 is 27.5 Å². The third-order valence-corrected chi connectivity index (χ3v) is 7.43. The number of rotatable bonds is 1. The van der Waals surface area contributed by atoms with Crippen LogP contribution in [0.5, 0.6) is 0 Å². The van der Waals surface area contributed by atoms with Crippen LogP contribution in [-0.2, 0) is 6.42 Å². The summed E-state index contributed by atoms with van der Waals surface area (Å²) in [7, 11) is 0. The van der Waals surface area contributed by atoms with Gasteiger partial charge in [-0.3, -0.25) is 0 Å². The second-order valence-corrected chi connectivity index (χ2v) is 9.70. The molecule has 5 aromatic carbocycles. The molecule has 0 saturated carbocycles. The number of para-hydroxylation sites is 1. The summed E-state index contributed by atoms with van der Waals surface area (Å²) < 4.78 is 7.51. The van der Waals surface area contributed by atoms with Crippen LogP contribution in [0.25, 0.3) is 55.0 Å². The van der Waals surface area contributed by atoms with E-state index in [1.807, 2.05) is 18.2 Å². The quantitative estimate of drug-likeness (QED) is 0.221. The van der Waals surface area contributed by atoms with Crippen LogP contribution in [0.2, 0.25) is 5.02 Å². The van der Waals surface area contributed by atoms with E-state index in [1.54, 1.807) is 0 Å². The Morgan fingerprint density at radius 3 is 2.53 bits per heavy atom. The van der Waals surface area contributed by atoms with E-state index in [-0.39, 0.29) is 0 Å². The Morgan fingerprint density at radius 2 is 1.59 bits per heavy atom. The molecule has 0 amide bonds. The van der Waals surface area contributed by atoms with E-state index in [2.05, 4.69) is 82.7 Å². The van der Waals surface area contributed by atoms with Gasteiger partial charge in [0.15, 0.2) is 0 Å². The highest BCUT2D eigenvalue weighted by Gasteiger charge is 2.26. The SMILES string of the molecule is Clc1cccc2oc3c(-c4cc5ccccc5c5c4Cc4cc(Br)ccc4-5)cccc3c12. The third-order valence-electron chi connectivity index (χ3n) is 6.62. The highest BCUT2D eigenvalue weighted by molar-refractivity contribution is 9.10. The zero-order valence-electron chi connectivity index (χ0n) is 17.0. The van der Waals surface area contributed by atoms with Crippen molar-refractivity contribution in [3.05, 3.63) is 106 Å². The van der Waals surface area contributed by atoms with Crippen molar-refractivity contribution in [1.82, 2.24) is 0 Å². The van der Waals surface area contributed by atoms with Crippen LogP contribution in [0.1, 0.15) is 11.1 Å². The van der Waals surface area contributed by atoms with E-state index < -0.39 is 0 Å². The van der Waals surface area contributed by atoms with Gasteiger partial charge in [-0.1, -0.05) is 82.1 Å². The van der Waals surface area contributed by atoms with E-state index in [1.165, 1.54) is 38.6 Å². The summed E-state index contributed by atoms with van der Waals surface area (Å²) in [4.78, 5) is 0. The molecule has 1 nitrogen and oxygen atoms in total. The van der Waals surface area contributed by atoms with Crippen molar-refractivity contribution in [3.63, 3.8) is 0 Å². The largest absolute Gasteiger partial charge is 0.455 e. The first-order chi connectivity index (χ1) is 15.7. The molecule has 7 rings (SSSR count). The lowest BCUT2D eigenvalue weighted by molar-refractivity contribution is 0.670. The molecule has 1 aliphatic carbocycles. The van der Waals surface area contributed by atoms with Gasteiger partial charge in [-0.15, -0.1) is 0 Å². The van der Waals surface area contributed by atoms with Crippen LogP contribution in [0, 0.1) is 0 Å². The first kappa shape index (κ1) is 18.5. The van der Waals surface area contributed by atoms with Crippen LogP contribution in [0.15, 0.2) is 93.8 Å². The van der Waals surface area contributed by atoms with Gasteiger partial charge in [-0.05, 0) is 75.3 Å². The molecule has 0 radical (unpaired) electrons. The molecule has 0 unspecified atom stereocenters. The van der Waals surface area contributed by atoms with Gasteiger partial charge < -0.3 is 4.42 Å². The molecule has 3 heteroatoms. The standard InChI is InChI=1S/C29H16BrClO/c30-18-11-12-20-17(13-18)15-24-23(14-16-5-1-2-6-19(16)27(20)24)21-7-3-8-22-28-25(31)9-4-10-26(28)32-29(21)22/h1-14H,15H2. The van der Waals surface area contributed by atoms with Gasteiger partial charge in [-0.2, -0.15) is 0 Å².